The Morgan fingerprint density at radius 2 is 2.00 bits per heavy atom. The van der Waals surface area contributed by atoms with Gasteiger partial charge >= 0.3 is 0 Å². The maximum Gasteiger partial charge on any atom is 0.257 e. The summed E-state index contributed by atoms with van der Waals surface area (Å²) in [6, 6.07) is 9.44. The number of hydrogen-bond donors (Lipinski definition) is 1. The molecule has 43 heavy (non-hydrogen) atoms. The molecule has 2 atom stereocenters. The molecule has 1 saturated carbocycles. The molecule has 1 aliphatic heterocycles. The van der Waals surface area contributed by atoms with Gasteiger partial charge in [0.2, 0.25) is 5.91 Å². The molecule has 10 nitrogen and oxygen atoms in total. The Labute approximate surface area is 252 Å². The lowest BCUT2D eigenvalue weighted by atomic mass is 10.0. The van der Waals surface area contributed by atoms with E-state index in [9.17, 15) is 14.9 Å². The smallest absolute Gasteiger partial charge is 0.257 e. The fraction of sp³-hybridized carbons (Fsp3) is 0.364. The van der Waals surface area contributed by atoms with Crippen molar-refractivity contribution in [2.45, 2.75) is 44.8 Å². The molecule has 2 aliphatic rings. The Balaban J connectivity index is 1.40. The third-order valence-corrected chi connectivity index (χ3v) is 8.05. The summed E-state index contributed by atoms with van der Waals surface area (Å²) < 4.78 is 8.20. The van der Waals surface area contributed by atoms with Crippen LogP contribution >= 0.6 is 0 Å². The standard InChI is InChI=1S/C33H37N7O3/c1-6-26-19-39(12-13-40(26)31(41)7-2)20-30(28-11-10-24(17-35-28)23-8-9-23)43-29-14-21(3)27(15-25(29)16-34)33(42)36-32-22(4)18-38(5)37-32/h6-7,10-11,14-15,17-18,23,26,30H,1-2,8-9,12-13,19-20H2,3-5H3,(H,36,37,42)/t26-,30-/m1/s1. The zero-order chi connectivity index (χ0) is 30.7. The molecule has 1 aliphatic carbocycles. The molecular formula is C33H37N7O3. The van der Waals surface area contributed by atoms with E-state index in [1.54, 1.807) is 34.8 Å². The lowest BCUT2D eigenvalue weighted by Gasteiger charge is -2.40. The molecule has 2 aromatic heterocycles. The van der Waals surface area contributed by atoms with E-state index in [1.807, 2.05) is 32.3 Å². The highest BCUT2D eigenvalue weighted by molar-refractivity contribution is 6.05. The van der Waals surface area contributed by atoms with Crippen LogP contribution in [-0.4, -0.2) is 68.6 Å². The number of rotatable bonds is 10. The van der Waals surface area contributed by atoms with Gasteiger partial charge in [-0.05, 0) is 68.0 Å². The average molecular weight is 580 g/mol. The second kappa shape index (κ2) is 12.6. The molecular weight excluding hydrogens is 542 g/mol. The van der Waals surface area contributed by atoms with Gasteiger partial charge in [0.25, 0.3) is 5.91 Å². The van der Waals surface area contributed by atoms with Crippen LogP contribution in [0.15, 0.2) is 62.0 Å². The normalized spacial score (nSPS) is 17.5. The van der Waals surface area contributed by atoms with Gasteiger partial charge in [-0.15, -0.1) is 6.58 Å². The maximum atomic E-state index is 13.2. The zero-order valence-electron chi connectivity index (χ0n) is 24.9. The predicted octanol–water partition coefficient (Wildman–Crippen LogP) is 4.44. The highest BCUT2D eigenvalue weighted by atomic mass is 16.5. The van der Waals surface area contributed by atoms with E-state index in [1.165, 1.54) is 24.5 Å². The predicted molar refractivity (Wildman–Crippen MR) is 164 cm³/mol. The minimum Gasteiger partial charge on any atom is -0.481 e. The van der Waals surface area contributed by atoms with Crippen molar-refractivity contribution in [1.82, 2.24) is 24.6 Å². The maximum absolute atomic E-state index is 13.2. The number of nitrogens with one attached hydrogen (secondary N) is 1. The quantitative estimate of drug-likeness (QED) is 0.279. The van der Waals surface area contributed by atoms with Gasteiger partial charge in [-0.2, -0.15) is 10.4 Å². The van der Waals surface area contributed by atoms with Crippen molar-refractivity contribution in [3.8, 4) is 11.8 Å². The first-order chi connectivity index (χ1) is 20.7. The van der Waals surface area contributed by atoms with Crippen molar-refractivity contribution in [3.05, 3.63) is 95.5 Å². The number of aromatic nitrogens is 3. The number of pyridine rings is 1. The van der Waals surface area contributed by atoms with E-state index in [2.05, 4.69) is 40.6 Å². The number of aryl methyl sites for hydroxylation is 3. The van der Waals surface area contributed by atoms with Crippen LogP contribution in [0, 0.1) is 25.2 Å². The number of ether oxygens (including phenoxy) is 1. The number of carbonyl (C=O) groups excluding carboxylic acids is 2. The highest BCUT2D eigenvalue weighted by Gasteiger charge is 2.31. The number of benzene rings is 1. The van der Waals surface area contributed by atoms with Crippen molar-refractivity contribution in [3.63, 3.8) is 0 Å². The van der Waals surface area contributed by atoms with E-state index in [4.69, 9.17) is 9.72 Å². The van der Waals surface area contributed by atoms with Crippen molar-refractivity contribution in [2.75, 3.05) is 31.5 Å². The summed E-state index contributed by atoms with van der Waals surface area (Å²) in [5, 5.41) is 17.2. The van der Waals surface area contributed by atoms with Crippen molar-refractivity contribution < 1.29 is 14.3 Å². The summed E-state index contributed by atoms with van der Waals surface area (Å²) in [5.74, 6) is 0.958. The molecule has 3 aromatic rings. The summed E-state index contributed by atoms with van der Waals surface area (Å²) in [7, 11) is 1.79. The van der Waals surface area contributed by atoms with Crippen molar-refractivity contribution in [2.24, 2.45) is 7.05 Å². The summed E-state index contributed by atoms with van der Waals surface area (Å²) in [6.45, 7) is 13.5. The third kappa shape index (κ3) is 6.68. The lowest BCUT2D eigenvalue weighted by molar-refractivity contribution is -0.129. The molecule has 1 saturated heterocycles. The number of nitrogens with zero attached hydrogens (tertiary/aromatic N) is 6. The molecule has 5 rings (SSSR count). The second-order valence-corrected chi connectivity index (χ2v) is 11.3. The topological polar surface area (TPSA) is 116 Å². The van der Waals surface area contributed by atoms with Gasteiger partial charge in [0.15, 0.2) is 11.9 Å². The van der Waals surface area contributed by atoms with Crippen LogP contribution in [0.1, 0.15) is 63.2 Å². The van der Waals surface area contributed by atoms with Gasteiger partial charge in [-0.3, -0.25) is 24.2 Å². The van der Waals surface area contributed by atoms with Crippen LogP contribution in [0.5, 0.6) is 5.75 Å². The Morgan fingerprint density at radius 1 is 1.21 bits per heavy atom. The van der Waals surface area contributed by atoms with Gasteiger partial charge in [-0.25, -0.2) is 0 Å². The first kappa shape index (κ1) is 29.7. The number of anilines is 1. The molecule has 0 unspecified atom stereocenters. The van der Waals surface area contributed by atoms with Crippen LogP contribution in [0.25, 0.3) is 0 Å². The molecule has 0 spiro atoms. The Morgan fingerprint density at radius 3 is 2.60 bits per heavy atom. The van der Waals surface area contributed by atoms with Crippen LogP contribution in [-0.2, 0) is 11.8 Å². The monoisotopic (exact) mass is 579 g/mol. The fourth-order valence-electron chi connectivity index (χ4n) is 5.49. The van der Waals surface area contributed by atoms with E-state index < -0.39 is 6.10 Å². The van der Waals surface area contributed by atoms with Gasteiger partial charge in [0.05, 0.1) is 17.3 Å². The Bertz CT molecular complexity index is 1580. The number of amides is 2. The van der Waals surface area contributed by atoms with Crippen molar-refractivity contribution in [1.29, 1.82) is 5.26 Å². The van der Waals surface area contributed by atoms with Crippen LogP contribution < -0.4 is 10.1 Å². The minimum atomic E-state index is -0.497. The molecule has 1 aromatic carbocycles. The van der Waals surface area contributed by atoms with Gasteiger partial charge in [0.1, 0.15) is 11.8 Å². The van der Waals surface area contributed by atoms with Crippen LogP contribution in [0.3, 0.4) is 0 Å². The lowest BCUT2D eigenvalue weighted by Crippen LogP contribution is -2.54. The first-order valence-electron chi connectivity index (χ1n) is 14.5. The van der Waals surface area contributed by atoms with E-state index in [0.29, 0.717) is 54.8 Å². The van der Waals surface area contributed by atoms with Crippen LogP contribution in [0.2, 0.25) is 0 Å². The number of piperazine rings is 1. The van der Waals surface area contributed by atoms with Gasteiger partial charge in [0, 0.05) is 56.7 Å². The third-order valence-electron chi connectivity index (χ3n) is 8.05. The van der Waals surface area contributed by atoms with E-state index in [-0.39, 0.29) is 23.4 Å². The highest BCUT2D eigenvalue weighted by Crippen LogP contribution is 2.40. The van der Waals surface area contributed by atoms with E-state index >= 15 is 0 Å². The molecule has 2 amide bonds. The average Bonchev–Trinajstić information content (AvgIpc) is 3.81. The number of hydrogen-bond acceptors (Lipinski definition) is 7. The number of nitriles is 1. The fourth-order valence-corrected chi connectivity index (χ4v) is 5.49. The van der Waals surface area contributed by atoms with Crippen LogP contribution in [0.4, 0.5) is 5.82 Å². The largest absolute Gasteiger partial charge is 0.481 e. The zero-order valence-corrected chi connectivity index (χ0v) is 24.9. The molecule has 1 N–H and O–H groups in total. The Hall–Kier alpha value is -4.75. The van der Waals surface area contributed by atoms with Gasteiger partial charge in [-0.1, -0.05) is 18.7 Å². The minimum absolute atomic E-state index is 0.119. The molecule has 3 heterocycles. The van der Waals surface area contributed by atoms with Gasteiger partial charge < -0.3 is 15.0 Å². The summed E-state index contributed by atoms with van der Waals surface area (Å²) >= 11 is 0. The SMILES string of the molecule is C=CC(=O)N1CCN(C[C@@H](Oc2cc(C)c(C(=O)Nc3nn(C)cc3C)cc2C#N)c2ccc(C3CC3)cn2)C[C@H]1C=C. The molecule has 2 fully saturated rings. The molecule has 0 bridgehead atoms. The van der Waals surface area contributed by atoms with E-state index in [0.717, 1.165) is 11.3 Å². The summed E-state index contributed by atoms with van der Waals surface area (Å²) in [4.78, 5) is 34.3. The molecule has 10 heteroatoms. The summed E-state index contributed by atoms with van der Waals surface area (Å²) in [5.41, 5.74) is 4.09. The molecule has 222 valence electrons. The van der Waals surface area contributed by atoms with Crippen molar-refractivity contribution >= 4 is 17.6 Å². The Kier molecular flexibility index (Phi) is 8.73. The number of carbonyl (C=O) groups is 2. The summed E-state index contributed by atoms with van der Waals surface area (Å²) in [6.07, 6.45) is 8.71. The second-order valence-electron chi connectivity index (χ2n) is 11.3. The first-order valence-corrected chi connectivity index (χ1v) is 14.5. The molecule has 0 radical (unpaired) electrons.